The predicted molar refractivity (Wildman–Crippen MR) is 83.3 cm³/mol. The minimum Gasteiger partial charge on any atom is -0.466 e. The first-order valence-electron chi connectivity index (χ1n) is 7.13. The van der Waals surface area contributed by atoms with Gasteiger partial charge < -0.3 is 9.64 Å². The minimum absolute atomic E-state index is 0.00313. The summed E-state index contributed by atoms with van der Waals surface area (Å²) in [5, 5.41) is 0.647. The van der Waals surface area contributed by atoms with E-state index in [4.69, 9.17) is 16.3 Å². The Bertz CT molecular complexity index is 471. The number of rotatable bonds is 7. The highest BCUT2D eigenvalue weighted by Crippen LogP contribution is 2.12. The van der Waals surface area contributed by atoms with Gasteiger partial charge in [0.1, 0.15) is 0 Å². The highest BCUT2D eigenvalue weighted by molar-refractivity contribution is 6.30. The van der Waals surface area contributed by atoms with Crippen molar-refractivity contribution in [3.05, 3.63) is 34.9 Å². The van der Waals surface area contributed by atoms with Crippen molar-refractivity contribution < 1.29 is 14.3 Å². The Labute approximate surface area is 131 Å². The van der Waals surface area contributed by atoms with Crippen LogP contribution >= 0.6 is 11.6 Å². The van der Waals surface area contributed by atoms with Gasteiger partial charge >= 0.3 is 5.97 Å². The standard InChI is InChI=1S/C16H22ClNO3/c1-4-21-16(20)9-10-18(12(2)3)15(19)11-13-5-7-14(17)8-6-13/h5-8,12H,4,9-11H2,1-3H3. The van der Waals surface area contributed by atoms with Crippen LogP contribution in [0.1, 0.15) is 32.8 Å². The molecule has 0 fully saturated rings. The molecule has 0 aliphatic rings. The molecule has 5 heteroatoms. The number of halogens is 1. The van der Waals surface area contributed by atoms with E-state index in [1.807, 2.05) is 26.0 Å². The lowest BCUT2D eigenvalue weighted by Gasteiger charge is -2.26. The summed E-state index contributed by atoms with van der Waals surface area (Å²) < 4.78 is 4.89. The van der Waals surface area contributed by atoms with Gasteiger partial charge in [-0.05, 0) is 38.5 Å². The fraction of sp³-hybridized carbons (Fsp3) is 0.500. The van der Waals surface area contributed by atoms with Crippen molar-refractivity contribution in [2.45, 2.75) is 39.7 Å². The molecule has 116 valence electrons. The second-order valence-electron chi connectivity index (χ2n) is 5.04. The van der Waals surface area contributed by atoms with E-state index in [1.165, 1.54) is 0 Å². The van der Waals surface area contributed by atoms with Crippen LogP contribution in [0.4, 0.5) is 0 Å². The molecule has 0 aliphatic heterocycles. The topological polar surface area (TPSA) is 46.6 Å². The van der Waals surface area contributed by atoms with Crippen molar-refractivity contribution in [1.29, 1.82) is 0 Å². The number of esters is 1. The van der Waals surface area contributed by atoms with Crippen LogP contribution in [0.25, 0.3) is 0 Å². The summed E-state index contributed by atoms with van der Waals surface area (Å²) in [7, 11) is 0. The molecule has 0 bridgehead atoms. The highest BCUT2D eigenvalue weighted by Gasteiger charge is 2.18. The van der Waals surface area contributed by atoms with Crippen molar-refractivity contribution in [2.24, 2.45) is 0 Å². The summed E-state index contributed by atoms with van der Waals surface area (Å²) in [5.74, 6) is -0.279. The van der Waals surface area contributed by atoms with E-state index in [0.717, 1.165) is 5.56 Å². The molecule has 0 radical (unpaired) electrons. The third-order valence-electron chi connectivity index (χ3n) is 3.07. The van der Waals surface area contributed by atoms with Crippen molar-refractivity contribution in [3.8, 4) is 0 Å². The zero-order valence-corrected chi connectivity index (χ0v) is 13.5. The number of carbonyl (C=O) groups excluding carboxylic acids is 2. The molecule has 0 aromatic heterocycles. The van der Waals surface area contributed by atoms with Gasteiger partial charge in [0.15, 0.2) is 0 Å². The Morgan fingerprint density at radius 3 is 2.38 bits per heavy atom. The predicted octanol–water partition coefficient (Wildman–Crippen LogP) is 3.07. The molecule has 0 aliphatic carbocycles. The number of amides is 1. The quantitative estimate of drug-likeness (QED) is 0.727. The first kappa shape index (κ1) is 17.5. The molecule has 0 heterocycles. The van der Waals surface area contributed by atoms with Crippen LogP contribution in [0.15, 0.2) is 24.3 Å². The molecule has 1 amide bonds. The van der Waals surface area contributed by atoms with Crippen LogP contribution in [-0.4, -0.2) is 36.0 Å². The normalized spacial score (nSPS) is 10.5. The van der Waals surface area contributed by atoms with Crippen LogP contribution in [0, 0.1) is 0 Å². The molecule has 21 heavy (non-hydrogen) atoms. The van der Waals surface area contributed by atoms with Crippen molar-refractivity contribution in [3.63, 3.8) is 0 Å². The molecule has 0 saturated carbocycles. The van der Waals surface area contributed by atoms with Crippen LogP contribution in [0.3, 0.4) is 0 Å². The van der Waals surface area contributed by atoms with Crippen LogP contribution in [-0.2, 0) is 20.7 Å². The SMILES string of the molecule is CCOC(=O)CCN(C(=O)Cc1ccc(Cl)cc1)C(C)C. The fourth-order valence-electron chi connectivity index (χ4n) is 1.99. The maximum Gasteiger partial charge on any atom is 0.307 e. The number of nitrogens with zero attached hydrogens (tertiary/aromatic N) is 1. The summed E-state index contributed by atoms with van der Waals surface area (Å²) in [4.78, 5) is 25.5. The molecule has 0 atom stereocenters. The first-order chi connectivity index (χ1) is 9.93. The second kappa shape index (κ2) is 8.67. The van der Waals surface area contributed by atoms with E-state index < -0.39 is 0 Å². The smallest absolute Gasteiger partial charge is 0.307 e. The van der Waals surface area contributed by atoms with Gasteiger partial charge in [0.2, 0.25) is 5.91 Å². The number of benzene rings is 1. The summed E-state index contributed by atoms with van der Waals surface area (Å²) in [6.45, 7) is 6.38. The van der Waals surface area contributed by atoms with Gasteiger partial charge in [-0.3, -0.25) is 9.59 Å². The summed E-state index contributed by atoms with van der Waals surface area (Å²) in [5.41, 5.74) is 0.909. The third kappa shape index (κ3) is 6.17. The van der Waals surface area contributed by atoms with Crippen LogP contribution in [0.5, 0.6) is 0 Å². The Morgan fingerprint density at radius 2 is 1.86 bits per heavy atom. The number of hydrogen-bond acceptors (Lipinski definition) is 3. The van der Waals surface area contributed by atoms with Gasteiger partial charge in [-0.2, -0.15) is 0 Å². The minimum atomic E-state index is -0.276. The molecule has 0 N–H and O–H groups in total. The van der Waals surface area contributed by atoms with Crippen molar-refractivity contribution in [2.75, 3.05) is 13.2 Å². The Morgan fingerprint density at radius 1 is 1.24 bits per heavy atom. The second-order valence-corrected chi connectivity index (χ2v) is 5.48. The molecule has 0 unspecified atom stereocenters. The average Bonchev–Trinajstić information content (AvgIpc) is 2.41. The number of hydrogen-bond donors (Lipinski definition) is 0. The maximum absolute atomic E-state index is 12.4. The molecule has 0 spiro atoms. The highest BCUT2D eigenvalue weighted by atomic mass is 35.5. The van der Waals surface area contributed by atoms with Crippen LogP contribution < -0.4 is 0 Å². The number of ether oxygens (including phenoxy) is 1. The van der Waals surface area contributed by atoms with Gasteiger partial charge in [-0.25, -0.2) is 0 Å². The third-order valence-corrected chi connectivity index (χ3v) is 3.33. The van der Waals surface area contributed by atoms with E-state index in [1.54, 1.807) is 24.0 Å². The van der Waals surface area contributed by atoms with Gasteiger partial charge in [0, 0.05) is 17.6 Å². The maximum atomic E-state index is 12.4. The van der Waals surface area contributed by atoms with Gasteiger partial charge in [0.05, 0.1) is 19.4 Å². The zero-order valence-electron chi connectivity index (χ0n) is 12.8. The molecule has 0 saturated heterocycles. The molecule has 1 aromatic rings. The van der Waals surface area contributed by atoms with E-state index in [2.05, 4.69) is 0 Å². The summed E-state index contributed by atoms with van der Waals surface area (Å²) >= 11 is 5.83. The van der Waals surface area contributed by atoms with Gasteiger partial charge in [0.25, 0.3) is 0 Å². The Hall–Kier alpha value is -1.55. The van der Waals surface area contributed by atoms with Gasteiger partial charge in [-0.1, -0.05) is 23.7 Å². The molecule has 4 nitrogen and oxygen atoms in total. The molecular weight excluding hydrogens is 290 g/mol. The Balaban J connectivity index is 2.60. The molecule has 1 rings (SSSR count). The zero-order chi connectivity index (χ0) is 15.8. The fourth-order valence-corrected chi connectivity index (χ4v) is 2.12. The van der Waals surface area contributed by atoms with Crippen molar-refractivity contribution in [1.82, 2.24) is 4.90 Å². The largest absolute Gasteiger partial charge is 0.466 e. The van der Waals surface area contributed by atoms with Crippen LogP contribution in [0.2, 0.25) is 5.02 Å². The monoisotopic (exact) mass is 311 g/mol. The van der Waals surface area contributed by atoms with Gasteiger partial charge in [-0.15, -0.1) is 0 Å². The Kier molecular flexibility index (Phi) is 7.23. The van der Waals surface area contributed by atoms with Crippen molar-refractivity contribution >= 4 is 23.5 Å². The first-order valence-corrected chi connectivity index (χ1v) is 7.51. The lowest BCUT2D eigenvalue weighted by molar-refractivity contribution is -0.144. The molecule has 1 aromatic carbocycles. The molecular formula is C16H22ClNO3. The average molecular weight is 312 g/mol. The van der Waals surface area contributed by atoms with E-state index in [0.29, 0.717) is 24.6 Å². The van der Waals surface area contributed by atoms with E-state index >= 15 is 0 Å². The lowest BCUT2D eigenvalue weighted by atomic mass is 10.1. The lowest BCUT2D eigenvalue weighted by Crippen LogP contribution is -2.39. The van der Waals surface area contributed by atoms with E-state index in [9.17, 15) is 9.59 Å². The van der Waals surface area contributed by atoms with E-state index in [-0.39, 0.29) is 24.3 Å². The summed E-state index contributed by atoms with van der Waals surface area (Å²) in [6.07, 6.45) is 0.524. The number of carbonyl (C=O) groups is 2. The summed E-state index contributed by atoms with van der Waals surface area (Å²) in [6, 6.07) is 7.25.